The van der Waals surface area contributed by atoms with Crippen LogP contribution in [0.4, 0.5) is 13.6 Å². The number of carbonyl (C=O) groups is 1. The van der Waals surface area contributed by atoms with Crippen molar-refractivity contribution in [3.05, 3.63) is 64.9 Å². The molecule has 0 saturated heterocycles. The van der Waals surface area contributed by atoms with E-state index in [-0.39, 0.29) is 30.1 Å². The number of amides is 1. The minimum atomic E-state index is -0.805. The van der Waals surface area contributed by atoms with Crippen LogP contribution in [0.3, 0.4) is 0 Å². The average molecular weight is 620 g/mol. The summed E-state index contributed by atoms with van der Waals surface area (Å²) in [5.41, 5.74) is 1.07. The quantitative estimate of drug-likeness (QED) is 0.185. The lowest BCUT2D eigenvalue weighted by Gasteiger charge is -2.24. The van der Waals surface area contributed by atoms with Crippen molar-refractivity contribution >= 4 is 38.6 Å². The minimum absolute atomic E-state index is 0.0364. The van der Waals surface area contributed by atoms with Crippen LogP contribution >= 0.6 is 21.6 Å². The van der Waals surface area contributed by atoms with Crippen molar-refractivity contribution in [2.75, 3.05) is 38.2 Å². The van der Waals surface area contributed by atoms with Gasteiger partial charge in [0.25, 0.3) is 0 Å². The fourth-order valence-corrected chi connectivity index (χ4v) is 4.84. The van der Waals surface area contributed by atoms with Crippen molar-refractivity contribution in [1.82, 2.24) is 24.6 Å². The summed E-state index contributed by atoms with van der Waals surface area (Å²) < 4.78 is 43.7. The maximum atomic E-state index is 15.4. The van der Waals surface area contributed by atoms with Crippen LogP contribution < -0.4 is 0 Å². The molecule has 42 heavy (non-hydrogen) atoms. The summed E-state index contributed by atoms with van der Waals surface area (Å²) in [4.78, 5) is 22.4. The minimum Gasteiger partial charge on any atom is -0.444 e. The summed E-state index contributed by atoms with van der Waals surface area (Å²) in [6.45, 7) is 5.96. The van der Waals surface area contributed by atoms with Gasteiger partial charge >= 0.3 is 6.09 Å². The highest BCUT2D eigenvalue weighted by Crippen LogP contribution is 2.35. The Morgan fingerprint density at radius 3 is 2.31 bits per heavy atom. The van der Waals surface area contributed by atoms with Gasteiger partial charge in [-0.1, -0.05) is 11.6 Å². The molecule has 3 heterocycles. The van der Waals surface area contributed by atoms with Crippen molar-refractivity contribution < 1.29 is 23.0 Å². The first-order valence-electron chi connectivity index (χ1n) is 13.3. The van der Waals surface area contributed by atoms with E-state index in [4.69, 9.17) is 26.2 Å². The largest absolute Gasteiger partial charge is 0.444 e. The zero-order chi connectivity index (χ0) is 30.8. The van der Waals surface area contributed by atoms with Crippen LogP contribution in [0.2, 0.25) is 5.02 Å². The molecule has 0 aliphatic carbocycles. The van der Waals surface area contributed by atoms with E-state index in [9.17, 15) is 4.79 Å². The van der Waals surface area contributed by atoms with Gasteiger partial charge in [-0.3, -0.25) is 9.97 Å². The standard InChI is InChI=1S/C30H36ClF2N5O3S/c1-30(2,3)41-29(39)37(4)17-19-12-22(32)27(23(33)13-19)25-14-21-26(16-35-25)38(18-40-10-11-42(5,6)7)36-28(21)24-9-8-20(31)15-34-24/h8-9,12-16H,10-11,17-18H2,1-7H3. The molecule has 0 radical (unpaired) electrons. The Bertz CT molecular complexity index is 1560. The lowest BCUT2D eigenvalue weighted by Crippen LogP contribution is -2.33. The zero-order valence-electron chi connectivity index (χ0n) is 24.9. The van der Waals surface area contributed by atoms with Crippen molar-refractivity contribution in [3.63, 3.8) is 0 Å². The molecule has 4 rings (SSSR count). The van der Waals surface area contributed by atoms with Gasteiger partial charge in [-0.15, -0.1) is 0 Å². The van der Waals surface area contributed by atoms with Crippen LogP contribution in [-0.2, 0) is 22.7 Å². The third kappa shape index (κ3) is 7.96. The number of halogens is 3. The fraction of sp³-hybridized carbons (Fsp3) is 0.400. The Labute approximate surface area is 251 Å². The zero-order valence-corrected chi connectivity index (χ0v) is 26.4. The van der Waals surface area contributed by atoms with E-state index in [1.807, 2.05) is 0 Å². The molecule has 0 aliphatic rings. The average Bonchev–Trinajstić information content (AvgIpc) is 3.23. The third-order valence-corrected chi connectivity index (χ3v) is 7.76. The first-order chi connectivity index (χ1) is 19.6. The van der Waals surface area contributed by atoms with Crippen LogP contribution in [0.15, 0.2) is 42.7 Å². The summed E-state index contributed by atoms with van der Waals surface area (Å²) in [5.74, 6) is -0.663. The number of aromatic nitrogens is 4. The lowest BCUT2D eigenvalue weighted by atomic mass is 10.0. The van der Waals surface area contributed by atoms with E-state index in [0.717, 1.165) is 5.75 Å². The first kappa shape index (κ1) is 31.7. The highest BCUT2D eigenvalue weighted by molar-refractivity contribution is 8.32. The van der Waals surface area contributed by atoms with Crippen LogP contribution in [0.25, 0.3) is 33.5 Å². The lowest BCUT2D eigenvalue weighted by molar-refractivity contribution is 0.0284. The molecule has 4 aromatic rings. The van der Waals surface area contributed by atoms with Crippen LogP contribution in [-0.4, -0.2) is 74.5 Å². The van der Waals surface area contributed by atoms with E-state index in [0.29, 0.717) is 33.9 Å². The molecule has 12 heteroatoms. The molecule has 0 aliphatic heterocycles. The first-order valence-corrected chi connectivity index (χ1v) is 16.7. The molecule has 3 aromatic heterocycles. The van der Waals surface area contributed by atoms with Gasteiger partial charge in [0.1, 0.15) is 29.7 Å². The van der Waals surface area contributed by atoms with E-state index >= 15 is 8.78 Å². The van der Waals surface area contributed by atoms with Gasteiger partial charge in [0.15, 0.2) is 0 Å². The van der Waals surface area contributed by atoms with Crippen LogP contribution in [0.1, 0.15) is 26.3 Å². The number of benzene rings is 1. The molecule has 0 fully saturated rings. The topological polar surface area (TPSA) is 82.4 Å². The Hall–Kier alpha value is -3.28. The molecule has 1 aromatic carbocycles. The highest BCUT2D eigenvalue weighted by atomic mass is 35.5. The Kier molecular flexibility index (Phi) is 9.44. The summed E-state index contributed by atoms with van der Waals surface area (Å²) in [6, 6.07) is 7.42. The summed E-state index contributed by atoms with van der Waals surface area (Å²) in [7, 11) is 0.790. The Morgan fingerprint density at radius 2 is 1.71 bits per heavy atom. The van der Waals surface area contributed by atoms with Gasteiger partial charge in [0.05, 0.1) is 40.3 Å². The number of fused-ring (bicyclic) bond motifs is 1. The summed E-state index contributed by atoms with van der Waals surface area (Å²) in [6.07, 6.45) is 9.11. The third-order valence-electron chi connectivity index (χ3n) is 6.14. The molecule has 0 saturated carbocycles. The van der Waals surface area contributed by atoms with Gasteiger partial charge in [-0.05, 0) is 75.4 Å². The molecule has 0 atom stereocenters. The van der Waals surface area contributed by atoms with Gasteiger partial charge in [-0.25, -0.2) is 28.3 Å². The summed E-state index contributed by atoms with van der Waals surface area (Å²) in [5, 5.41) is 5.78. The number of ether oxygens (including phenoxy) is 2. The number of hydrogen-bond acceptors (Lipinski definition) is 6. The maximum absolute atomic E-state index is 15.4. The van der Waals surface area contributed by atoms with Crippen LogP contribution in [0, 0.1) is 11.6 Å². The molecular formula is C30H36ClF2N5O3S. The molecule has 0 N–H and O–H groups in total. The van der Waals surface area contributed by atoms with Crippen LogP contribution in [0.5, 0.6) is 0 Å². The molecule has 8 nitrogen and oxygen atoms in total. The van der Waals surface area contributed by atoms with Crippen molar-refractivity contribution in [2.45, 2.75) is 39.6 Å². The smallest absolute Gasteiger partial charge is 0.410 e. The molecule has 226 valence electrons. The molecular weight excluding hydrogens is 584 g/mol. The number of carbonyl (C=O) groups excluding carboxylic acids is 1. The SMILES string of the molecule is CN(Cc1cc(F)c(-c2cc3c(-c4ccc(Cl)cn4)nn(COCCS(C)(C)C)c3cn2)c(F)c1)C(=O)OC(C)(C)C. The summed E-state index contributed by atoms with van der Waals surface area (Å²) >= 11 is 6.05. The van der Waals surface area contributed by atoms with E-state index in [2.05, 4.69) is 28.7 Å². The molecule has 1 amide bonds. The second-order valence-corrected chi connectivity index (χ2v) is 16.9. The second-order valence-electron chi connectivity index (χ2n) is 11.9. The van der Waals surface area contributed by atoms with Crippen molar-refractivity contribution in [2.24, 2.45) is 0 Å². The highest BCUT2D eigenvalue weighted by Gasteiger charge is 2.23. The van der Waals surface area contributed by atoms with E-state index in [1.54, 1.807) is 43.7 Å². The van der Waals surface area contributed by atoms with Crippen molar-refractivity contribution in [1.29, 1.82) is 0 Å². The monoisotopic (exact) mass is 619 g/mol. The van der Waals surface area contributed by atoms with Gasteiger partial charge < -0.3 is 14.4 Å². The predicted octanol–water partition coefficient (Wildman–Crippen LogP) is 7.13. The maximum Gasteiger partial charge on any atom is 0.410 e. The Morgan fingerprint density at radius 1 is 1.05 bits per heavy atom. The van der Waals surface area contributed by atoms with Gasteiger partial charge in [-0.2, -0.15) is 5.10 Å². The number of pyridine rings is 2. The fourth-order valence-electron chi connectivity index (χ4n) is 4.11. The van der Waals surface area contributed by atoms with Gasteiger partial charge in [0.2, 0.25) is 0 Å². The normalized spacial score (nSPS) is 12.5. The predicted molar refractivity (Wildman–Crippen MR) is 165 cm³/mol. The number of rotatable bonds is 9. The number of nitrogens with zero attached hydrogens (tertiary/aromatic N) is 5. The van der Waals surface area contributed by atoms with Gasteiger partial charge in [0, 0.05) is 30.9 Å². The Balaban J connectivity index is 1.68. The molecule has 0 unspecified atom stereocenters. The molecule has 0 bridgehead atoms. The van der Waals surface area contributed by atoms with E-state index in [1.165, 1.54) is 36.5 Å². The van der Waals surface area contributed by atoms with Crippen molar-refractivity contribution in [3.8, 4) is 22.6 Å². The second kappa shape index (κ2) is 12.5. The van der Waals surface area contributed by atoms with E-state index < -0.39 is 33.4 Å². The number of hydrogen-bond donors (Lipinski definition) is 0. The molecule has 0 spiro atoms.